The molecule has 2 aromatic carbocycles. The van der Waals surface area contributed by atoms with Crippen molar-refractivity contribution in [3.8, 4) is 0 Å². The van der Waals surface area contributed by atoms with Crippen molar-refractivity contribution in [2.45, 2.75) is 19.9 Å². The Hall–Kier alpha value is -2.22. The van der Waals surface area contributed by atoms with Crippen LogP contribution in [0.1, 0.15) is 22.3 Å². The lowest BCUT2D eigenvalue weighted by Crippen LogP contribution is -2.32. The highest BCUT2D eigenvalue weighted by Crippen LogP contribution is 2.34. The molecule has 0 aliphatic rings. The van der Waals surface area contributed by atoms with E-state index in [-0.39, 0.29) is 5.91 Å². The standard InChI is InChI=1S/C21H18BrClN4OS/c1-14-17(23)6-7-18-19(14)25-21(29-18)27(10-3-9-26-11-8-24-13-26)20(28)15-4-2-5-16(22)12-15/h2,4-8,11-13H,3,9-10H2,1H3. The number of hydrogen-bond donors (Lipinski definition) is 0. The molecule has 0 atom stereocenters. The number of rotatable bonds is 6. The molecule has 0 saturated carbocycles. The van der Waals surface area contributed by atoms with E-state index in [0.717, 1.165) is 33.2 Å². The molecule has 8 heteroatoms. The van der Waals surface area contributed by atoms with E-state index in [1.165, 1.54) is 11.3 Å². The summed E-state index contributed by atoms with van der Waals surface area (Å²) in [7, 11) is 0. The first kappa shape index (κ1) is 20.1. The van der Waals surface area contributed by atoms with Gasteiger partial charge in [0.1, 0.15) is 0 Å². The minimum absolute atomic E-state index is 0.0697. The number of carbonyl (C=O) groups is 1. The second kappa shape index (κ2) is 8.65. The summed E-state index contributed by atoms with van der Waals surface area (Å²) in [6.45, 7) is 3.28. The zero-order valence-electron chi connectivity index (χ0n) is 15.7. The lowest BCUT2D eigenvalue weighted by Gasteiger charge is -2.20. The van der Waals surface area contributed by atoms with Crippen LogP contribution in [0.2, 0.25) is 5.02 Å². The zero-order valence-corrected chi connectivity index (χ0v) is 18.8. The van der Waals surface area contributed by atoms with Gasteiger partial charge in [-0.05, 0) is 49.2 Å². The van der Waals surface area contributed by atoms with Crippen LogP contribution in [0, 0.1) is 6.92 Å². The van der Waals surface area contributed by atoms with Gasteiger partial charge in [-0.15, -0.1) is 0 Å². The first-order chi connectivity index (χ1) is 14.0. The van der Waals surface area contributed by atoms with E-state index in [9.17, 15) is 4.79 Å². The maximum absolute atomic E-state index is 13.3. The van der Waals surface area contributed by atoms with Crippen molar-refractivity contribution in [3.05, 3.63) is 75.7 Å². The summed E-state index contributed by atoms with van der Waals surface area (Å²) in [4.78, 5) is 23.9. The number of fused-ring (bicyclic) bond motifs is 1. The highest BCUT2D eigenvalue weighted by molar-refractivity contribution is 9.10. The van der Waals surface area contributed by atoms with Crippen LogP contribution in [0.4, 0.5) is 5.13 Å². The number of thiazole rings is 1. The summed E-state index contributed by atoms with van der Waals surface area (Å²) >= 11 is 11.2. The fourth-order valence-corrected chi connectivity index (χ4v) is 4.70. The quantitative estimate of drug-likeness (QED) is 0.336. The summed E-state index contributed by atoms with van der Waals surface area (Å²) in [6, 6.07) is 11.3. The van der Waals surface area contributed by atoms with E-state index in [2.05, 4.69) is 20.9 Å². The molecule has 29 heavy (non-hydrogen) atoms. The maximum atomic E-state index is 13.3. The van der Waals surface area contributed by atoms with Crippen LogP contribution in [-0.4, -0.2) is 27.0 Å². The second-order valence-corrected chi connectivity index (χ2v) is 8.97. The van der Waals surface area contributed by atoms with Crippen LogP contribution in [0.3, 0.4) is 0 Å². The molecular weight excluding hydrogens is 472 g/mol. The highest BCUT2D eigenvalue weighted by atomic mass is 79.9. The van der Waals surface area contributed by atoms with Crippen molar-refractivity contribution in [2.75, 3.05) is 11.4 Å². The Morgan fingerprint density at radius 2 is 2.17 bits per heavy atom. The molecule has 148 valence electrons. The van der Waals surface area contributed by atoms with Crippen LogP contribution in [0.5, 0.6) is 0 Å². The van der Waals surface area contributed by atoms with E-state index >= 15 is 0 Å². The van der Waals surface area contributed by atoms with Crippen LogP contribution < -0.4 is 4.90 Å². The second-order valence-electron chi connectivity index (χ2n) is 6.64. The summed E-state index contributed by atoms with van der Waals surface area (Å²) < 4.78 is 3.89. The lowest BCUT2D eigenvalue weighted by atomic mass is 10.2. The molecule has 1 amide bonds. The van der Waals surface area contributed by atoms with E-state index in [4.69, 9.17) is 16.6 Å². The molecule has 0 unspecified atom stereocenters. The number of amides is 1. The monoisotopic (exact) mass is 488 g/mol. The molecule has 4 aromatic rings. The number of carbonyl (C=O) groups excluding carboxylic acids is 1. The Kier molecular flexibility index (Phi) is 5.99. The van der Waals surface area contributed by atoms with Gasteiger partial charge < -0.3 is 4.57 Å². The third kappa shape index (κ3) is 4.37. The van der Waals surface area contributed by atoms with Gasteiger partial charge in [-0.2, -0.15) is 0 Å². The molecule has 5 nitrogen and oxygen atoms in total. The van der Waals surface area contributed by atoms with Gasteiger partial charge in [0, 0.05) is 40.5 Å². The summed E-state index contributed by atoms with van der Waals surface area (Å²) in [5, 5.41) is 1.36. The molecule has 2 heterocycles. The van der Waals surface area contributed by atoms with Gasteiger partial charge in [0.25, 0.3) is 5.91 Å². The average Bonchev–Trinajstić information content (AvgIpc) is 3.38. The van der Waals surface area contributed by atoms with Gasteiger partial charge in [0.15, 0.2) is 5.13 Å². The van der Waals surface area contributed by atoms with Gasteiger partial charge in [-0.3, -0.25) is 9.69 Å². The Labute approximate surface area is 186 Å². The predicted octanol–water partition coefficient (Wildman–Crippen LogP) is 5.95. The number of nitrogens with zero attached hydrogens (tertiary/aromatic N) is 4. The largest absolute Gasteiger partial charge is 0.337 e. The van der Waals surface area contributed by atoms with Gasteiger partial charge >= 0.3 is 0 Å². The molecule has 0 aliphatic heterocycles. The number of benzene rings is 2. The van der Waals surface area contributed by atoms with Crippen LogP contribution in [0.15, 0.2) is 59.6 Å². The predicted molar refractivity (Wildman–Crippen MR) is 122 cm³/mol. The van der Waals surface area contributed by atoms with Crippen molar-refractivity contribution in [3.63, 3.8) is 0 Å². The van der Waals surface area contributed by atoms with Crippen LogP contribution >= 0.6 is 38.9 Å². The summed E-state index contributed by atoms with van der Waals surface area (Å²) in [5.41, 5.74) is 2.40. The van der Waals surface area contributed by atoms with Gasteiger partial charge in [0.2, 0.25) is 0 Å². The number of imidazole rings is 1. The van der Waals surface area contributed by atoms with Gasteiger partial charge in [-0.25, -0.2) is 9.97 Å². The highest BCUT2D eigenvalue weighted by Gasteiger charge is 2.22. The molecule has 0 bridgehead atoms. The zero-order chi connectivity index (χ0) is 20.4. The molecule has 0 radical (unpaired) electrons. The Balaban J connectivity index is 1.67. The van der Waals surface area contributed by atoms with E-state index in [0.29, 0.717) is 22.3 Å². The molecule has 0 saturated heterocycles. The third-order valence-electron chi connectivity index (χ3n) is 4.64. The topological polar surface area (TPSA) is 51.0 Å². The lowest BCUT2D eigenvalue weighted by molar-refractivity contribution is 0.0986. The minimum Gasteiger partial charge on any atom is -0.337 e. The van der Waals surface area contributed by atoms with Crippen molar-refractivity contribution >= 4 is 60.1 Å². The van der Waals surface area contributed by atoms with Crippen molar-refractivity contribution in [1.82, 2.24) is 14.5 Å². The molecule has 4 rings (SSSR count). The fraction of sp³-hybridized carbons (Fsp3) is 0.190. The molecule has 0 aliphatic carbocycles. The average molecular weight is 490 g/mol. The Bertz CT molecular complexity index is 1160. The van der Waals surface area contributed by atoms with Crippen LogP contribution in [-0.2, 0) is 6.54 Å². The van der Waals surface area contributed by atoms with Crippen molar-refractivity contribution < 1.29 is 4.79 Å². The van der Waals surface area contributed by atoms with Gasteiger partial charge in [0.05, 0.1) is 16.5 Å². The van der Waals surface area contributed by atoms with Gasteiger partial charge in [-0.1, -0.05) is 44.9 Å². The Morgan fingerprint density at radius 3 is 2.93 bits per heavy atom. The van der Waals surface area contributed by atoms with Crippen molar-refractivity contribution in [1.29, 1.82) is 0 Å². The molecule has 0 spiro atoms. The van der Waals surface area contributed by atoms with Crippen LogP contribution in [0.25, 0.3) is 10.2 Å². The summed E-state index contributed by atoms with van der Waals surface area (Å²) in [6.07, 6.45) is 6.24. The SMILES string of the molecule is Cc1c(Cl)ccc2sc(N(CCCn3ccnc3)C(=O)c3cccc(Br)c3)nc12. The van der Waals surface area contributed by atoms with E-state index in [1.807, 2.05) is 54.1 Å². The first-order valence-electron chi connectivity index (χ1n) is 9.12. The number of anilines is 1. The number of hydrogen-bond acceptors (Lipinski definition) is 4. The molecule has 2 aromatic heterocycles. The fourth-order valence-electron chi connectivity index (χ4n) is 3.10. The summed E-state index contributed by atoms with van der Waals surface area (Å²) in [5.74, 6) is -0.0697. The van der Waals surface area contributed by atoms with E-state index < -0.39 is 0 Å². The minimum atomic E-state index is -0.0697. The third-order valence-corrected chi connectivity index (χ3v) is 6.59. The molecular formula is C21H18BrClN4OS. The first-order valence-corrected chi connectivity index (χ1v) is 11.1. The maximum Gasteiger partial charge on any atom is 0.260 e. The molecule has 0 N–H and O–H groups in total. The number of aromatic nitrogens is 3. The number of aryl methyl sites for hydroxylation is 2. The number of halogens is 2. The normalized spacial score (nSPS) is 11.1. The van der Waals surface area contributed by atoms with Crippen molar-refractivity contribution in [2.24, 2.45) is 0 Å². The Morgan fingerprint density at radius 1 is 1.31 bits per heavy atom. The molecule has 0 fully saturated rings. The van der Waals surface area contributed by atoms with E-state index in [1.54, 1.807) is 17.4 Å². The smallest absolute Gasteiger partial charge is 0.260 e.